The number of thioether (sulfide) groups is 1. The zero-order chi connectivity index (χ0) is 33.0. The van der Waals surface area contributed by atoms with Crippen LogP contribution in [0.4, 0.5) is 37.7 Å². The van der Waals surface area contributed by atoms with Crippen molar-refractivity contribution in [1.29, 1.82) is 0 Å². The molecule has 0 bridgehead atoms. The van der Waals surface area contributed by atoms with E-state index >= 15 is 0 Å². The number of carbonyl (C=O) groups excluding carboxylic acids is 3. The maximum atomic E-state index is 13.8. The van der Waals surface area contributed by atoms with E-state index in [0.29, 0.717) is 15.5 Å². The second-order valence-electron chi connectivity index (χ2n) is 10.3. The van der Waals surface area contributed by atoms with E-state index in [0.717, 1.165) is 64.4 Å². The largest absolute Gasteiger partial charge is 0.484 e. The number of thiazole rings is 1. The molecule has 3 unspecified atom stereocenters. The zero-order valence-electron chi connectivity index (χ0n) is 22.9. The first-order valence-electron chi connectivity index (χ1n) is 13.4. The normalized spacial score (nSPS) is 19.5. The molecule has 1 saturated heterocycles. The van der Waals surface area contributed by atoms with Crippen molar-refractivity contribution in [3.05, 3.63) is 104 Å². The molecule has 238 valence electrons. The van der Waals surface area contributed by atoms with Gasteiger partial charge in [-0.05, 0) is 54.1 Å². The van der Waals surface area contributed by atoms with Crippen molar-refractivity contribution >= 4 is 52.2 Å². The van der Waals surface area contributed by atoms with Crippen molar-refractivity contribution in [3.63, 3.8) is 0 Å². The minimum atomic E-state index is -4.71. The predicted octanol–water partition coefficient (Wildman–Crippen LogP) is 6.29. The molecule has 8 nitrogen and oxygen atoms in total. The van der Waals surface area contributed by atoms with Crippen LogP contribution < -0.4 is 19.8 Å². The highest BCUT2D eigenvalue weighted by atomic mass is 32.2. The molecular formula is C30H19F6N3O5S2. The van der Waals surface area contributed by atoms with Gasteiger partial charge in [0, 0.05) is 16.5 Å². The van der Waals surface area contributed by atoms with E-state index in [-0.39, 0.29) is 17.1 Å². The number of ether oxygens (including phenoxy) is 1. The van der Waals surface area contributed by atoms with E-state index in [4.69, 9.17) is 4.74 Å². The van der Waals surface area contributed by atoms with Gasteiger partial charge >= 0.3 is 17.2 Å². The lowest BCUT2D eigenvalue weighted by Gasteiger charge is -2.30. The monoisotopic (exact) mass is 679 g/mol. The van der Waals surface area contributed by atoms with Gasteiger partial charge in [0.05, 0.1) is 27.8 Å². The Labute approximate surface area is 263 Å². The average Bonchev–Trinajstić information content (AvgIpc) is 3.49. The number of carbonyl (C=O) groups is 3. The highest BCUT2D eigenvalue weighted by Gasteiger charge is 2.56. The Balaban J connectivity index is 1.27. The molecule has 3 atom stereocenters. The third kappa shape index (κ3) is 6.01. The van der Waals surface area contributed by atoms with Crippen LogP contribution in [0.2, 0.25) is 0 Å². The number of hydrogen-bond donors (Lipinski definition) is 2. The van der Waals surface area contributed by atoms with Crippen LogP contribution in [0.25, 0.3) is 0 Å². The molecule has 4 aromatic rings. The van der Waals surface area contributed by atoms with Crippen LogP contribution in [0, 0.1) is 5.92 Å². The summed E-state index contributed by atoms with van der Waals surface area (Å²) in [7, 11) is 0. The Bertz CT molecular complexity index is 1920. The molecule has 0 aliphatic carbocycles. The van der Waals surface area contributed by atoms with E-state index in [2.05, 4.69) is 10.3 Å². The van der Waals surface area contributed by atoms with Crippen LogP contribution in [-0.2, 0) is 26.7 Å². The Kier molecular flexibility index (Phi) is 7.96. The summed E-state index contributed by atoms with van der Waals surface area (Å²) >= 11 is 1.78. The summed E-state index contributed by atoms with van der Waals surface area (Å²) in [6.45, 7) is -0.588. The fourth-order valence-corrected chi connectivity index (χ4v) is 7.88. The van der Waals surface area contributed by atoms with Gasteiger partial charge < -0.3 is 15.0 Å². The van der Waals surface area contributed by atoms with Gasteiger partial charge in [0.25, 0.3) is 5.91 Å². The number of alkyl halides is 6. The lowest BCUT2D eigenvalue weighted by Crippen LogP contribution is -2.32. The number of benzene rings is 3. The van der Waals surface area contributed by atoms with Gasteiger partial charge in [0.1, 0.15) is 11.0 Å². The van der Waals surface area contributed by atoms with Gasteiger partial charge in [-0.3, -0.25) is 19.2 Å². The van der Waals surface area contributed by atoms with Crippen LogP contribution in [0.15, 0.2) is 82.6 Å². The van der Waals surface area contributed by atoms with Crippen molar-refractivity contribution < 1.29 is 45.5 Å². The maximum Gasteiger partial charge on any atom is 0.416 e. The number of H-pyrrole nitrogens is 1. The highest BCUT2D eigenvalue weighted by molar-refractivity contribution is 8.00. The molecule has 6 rings (SSSR count). The summed E-state index contributed by atoms with van der Waals surface area (Å²) in [5, 5.41) is 1.62. The molecule has 3 amide bonds. The molecule has 3 heterocycles. The Hall–Kier alpha value is -4.57. The molecule has 0 radical (unpaired) electrons. The minimum absolute atomic E-state index is 0.0902. The summed E-state index contributed by atoms with van der Waals surface area (Å²) in [6, 6.07) is 14.1. The third-order valence-corrected chi connectivity index (χ3v) is 9.72. The fourth-order valence-electron chi connectivity index (χ4n) is 5.37. The van der Waals surface area contributed by atoms with Crippen molar-refractivity contribution in [3.8, 4) is 5.75 Å². The second kappa shape index (κ2) is 11.7. The molecule has 2 N–H and O–H groups in total. The van der Waals surface area contributed by atoms with Crippen LogP contribution >= 0.6 is 23.1 Å². The number of aromatic amines is 1. The van der Waals surface area contributed by atoms with E-state index in [1.165, 1.54) is 24.3 Å². The number of nitrogens with one attached hydrogen (secondary N) is 2. The van der Waals surface area contributed by atoms with Gasteiger partial charge in [-0.25, -0.2) is 4.90 Å². The fraction of sp³-hybridized carbons (Fsp3) is 0.200. The smallest absolute Gasteiger partial charge is 0.416 e. The third-order valence-electron chi connectivity index (χ3n) is 7.32. The number of halogens is 6. The molecule has 1 fully saturated rings. The zero-order valence-corrected chi connectivity index (χ0v) is 24.6. The maximum absolute atomic E-state index is 13.8. The first kappa shape index (κ1) is 31.4. The summed E-state index contributed by atoms with van der Waals surface area (Å²) in [6.07, 6.45) is -9.31. The first-order chi connectivity index (χ1) is 21.7. The van der Waals surface area contributed by atoms with Gasteiger partial charge in [0.2, 0.25) is 11.8 Å². The number of amides is 3. The topological polar surface area (TPSA) is 109 Å². The number of anilines is 2. The first-order valence-corrected chi connectivity index (χ1v) is 15.0. The van der Waals surface area contributed by atoms with Crippen LogP contribution in [0.3, 0.4) is 0 Å². The molecule has 0 spiro atoms. The Morgan fingerprint density at radius 2 is 1.54 bits per heavy atom. The van der Waals surface area contributed by atoms with Crippen molar-refractivity contribution in [2.24, 2.45) is 5.92 Å². The molecule has 46 heavy (non-hydrogen) atoms. The molecule has 2 aliphatic rings. The molecule has 16 heteroatoms. The quantitative estimate of drug-likeness (QED) is 0.183. The molecule has 2 aliphatic heterocycles. The van der Waals surface area contributed by atoms with Crippen molar-refractivity contribution in [2.75, 3.05) is 16.8 Å². The minimum Gasteiger partial charge on any atom is -0.484 e. The molecule has 0 saturated carbocycles. The predicted molar refractivity (Wildman–Crippen MR) is 156 cm³/mol. The molecule has 1 aromatic heterocycles. The Morgan fingerprint density at radius 3 is 2.26 bits per heavy atom. The lowest BCUT2D eigenvalue weighted by molar-refractivity contribution is -0.138. The van der Waals surface area contributed by atoms with Crippen LogP contribution in [-0.4, -0.2) is 34.6 Å². The van der Waals surface area contributed by atoms with Gasteiger partial charge in [-0.15, -0.1) is 0 Å². The van der Waals surface area contributed by atoms with Gasteiger partial charge in [0.15, 0.2) is 6.61 Å². The van der Waals surface area contributed by atoms with Gasteiger partial charge in [-0.1, -0.05) is 47.4 Å². The van der Waals surface area contributed by atoms with Crippen molar-refractivity contribution in [2.45, 2.75) is 28.5 Å². The van der Waals surface area contributed by atoms with E-state index in [1.54, 1.807) is 12.1 Å². The lowest BCUT2D eigenvalue weighted by atomic mass is 9.83. The van der Waals surface area contributed by atoms with E-state index < -0.39 is 69.8 Å². The molecular weight excluding hydrogens is 660 g/mol. The average molecular weight is 680 g/mol. The van der Waals surface area contributed by atoms with Gasteiger partial charge in [-0.2, -0.15) is 26.3 Å². The summed E-state index contributed by atoms with van der Waals surface area (Å²) in [4.78, 5) is 55.6. The molecule has 3 aromatic carbocycles. The van der Waals surface area contributed by atoms with Crippen molar-refractivity contribution in [1.82, 2.24) is 4.98 Å². The van der Waals surface area contributed by atoms with Crippen LogP contribution in [0.5, 0.6) is 5.75 Å². The number of hydrogen-bond acceptors (Lipinski definition) is 7. The number of imide groups is 1. The number of aromatic nitrogens is 1. The Morgan fingerprint density at radius 1 is 0.870 bits per heavy atom. The van der Waals surface area contributed by atoms with E-state index in [1.807, 2.05) is 0 Å². The standard InChI is InChI=1S/C30H19F6N3O5S2/c31-29(32,33)15-5-2-7-17(11-15)37-20(40)13-44-19-9-1-4-14(10-19)21-22-24(45-25-23(21)46-28(43)38-25)27(42)39(26(22)41)18-8-3-6-16(12-18)30(34,35)36/h1-12,21-22,24H,13H2,(H,37,40)(H,38,43). The highest BCUT2D eigenvalue weighted by Crippen LogP contribution is 2.53. The number of fused-ring (bicyclic) bond motifs is 2. The summed E-state index contributed by atoms with van der Waals surface area (Å²) < 4.78 is 84.9. The van der Waals surface area contributed by atoms with E-state index in [9.17, 15) is 45.5 Å². The second-order valence-corrected chi connectivity index (χ2v) is 12.5. The number of rotatable bonds is 6. The summed E-state index contributed by atoms with van der Waals surface area (Å²) in [5.74, 6) is -4.06. The van der Waals surface area contributed by atoms with Crippen LogP contribution in [0.1, 0.15) is 27.5 Å². The number of nitrogens with zero attached hydrogens (tertiary/aromatic N) is 1. The summed E-state index contributed by atoms with van der Waals surface area (Å²) in [5.41, 5.74) is -1.88. The SMILES string of the molecule is O=C(COc1cccc(C2c3sc(=O)[nH]c3SC3C(=O)N(c4cccc(C(F)(F)F)c4)C(=O)C32)c1)Nc1cccc(C(F)(F)F)c1.